The number of anilines is 2. The maximum Gasteiger partial charge on any atom is 0.274 e. The number of carbonyl (C=O) groups excluding carboxylic acids is 1. The summed E-state index contributed by atoms with van der Waals surface area (Å²) < 4.78 is 0. The van der Waals surface area contributed by atoms with Crippen LogP contribution in [0.4, 0.5) is 11.5 Å². The Morgan fingerprint density at radius 3 is 2.38 bits per heavy atom. The fourth-order valence-corrected chi connectivity index (χ4v) is 3.27. The van der Waals surface area contributed by atoms with Crippen molar-refractivity contribution in [2.75, 3.05) is 18.4 Å². The van der Waals surface area contributed by atoms with E-state index in [1.165, 1.54) is 5.56 Å². The molecule has 1 aliphatic rings. The molecular formula is C21H28N4O. The van der Waals surface area contributed by atoms with Gasteiger partial charge in [0.05, 0.1) is 0 Å². The van der Waals surface area contributed by atoms with Crippen LogP contribution in [-0.2, 0) is 5.41 Å². The first-order valence-electron chi connectivity index (χ1n) is 9.34. The van der Waals surface area contributed by atoms with E-state index in [9.17, 15) is 4.79 Å². The van der Waals surface area contributed by atoms with E-state index in [0.29, 0.717) is 17.4 Å². The van der Waals surface area contributed by atoms with Gasteiger partial charge in [0.15, 0.2) is 11.5 Å². The van der Waals surface area contributed by atoms with Crippen molar-refractivity contribution in [3.8, 4) is 0 Å². The van der Waals surface area contributed by atoms with Crippen molar-refractivity contribution in [1.29, 1.82) is 0 Å². The van der Waals surface area contributed by atoms with E-state index in [4.69, 9.17) is 0 Å². The van der Waals surface area contributed by atoms with E-state index in [1.54, 1.807) is 6.07 Å². The molecule has 26 heavy (non-hydrogen) atoms. The van der Waals surface area contributed by atoms with Gasteiger partial charge in [0.2, 0.25) is 0 Å². The molecule has 2 aromatic rings. The highest BCUT2D eigenvalue weighted by Gasteiger charge is 2.23. The van der Waals surface area contributed by atoms with Crippen LogP contribution in [0.25, 0.3) is 0 Å². The molecule has 0 saturated carbocycles. The van der Waals surface area contributed by atoms with Gasteiger partial charge < -0.3 is 10.2 Å². The number of para-hydroxylation sites is 1. The molecule has 0 spiro atoms. The largest absolute Gasteiger partial charge is 0.338 e. The number of aromatic nitrogens is 2. The minimum Gasteiger partial charge on any atom is -0.338 e. The van der Waals surface area contributed by atoms with Gasteiger partial charge in [-0.25, -0.2) is 0 Å². The third-order valence-corrected chi connectivity index (χ3v) is 4.95. The highest BCUT2D eigenvalue weighted by Crippen LogP contribution is 2.30. The summed E-state index contributed by atoms with van der Waals surface area (Å²) >= 11 is 0. The van der Waals surface area contributed by atoms with Gasteiger partial charge in [-0.05, 0) is 47.9 Å². The summed E-state index contributed by atoms with van der Waals surface area (Å²) in [6.45, 7) is 10.4. The van der Waals surface area contributed by atoms with Crippen LogP contribution in [-0.4, -0.2) is 34.1 Å². The van der Waals surface area contributed by atoms with Gasteiger partial charge in [-0.1, -0.05) is 45.9 Å². The standard InChI is InChI=1S/C21H28N4O/c1-15-11-13-25(14-12-15)20(26)18-9-10-19(24-23-18)22-17-8-6-5-7-16(17)21(2,3)4/h5-10,15H,11-14H2,1-4H3,(H,22,24). The molecule has 1 N–H and O–H groups in total. The molecule has 138 valence electrons. The molecule has 1 aromatic heterocycles. The maximum absolute atomic E-state index is 12.6. The van der Waals surface area contributed by atoms with Gasteiger partial charge in [0.25, 0.3) is 5.91 Å². The molecule has 0 unspecified atom stereocenters. The van der Waals surface area contributed by atoms with Crippen LogP contribution < -0.4 is 5.32 Å². The molecule has 0 aliphatic carbocycles. The Balaban J connectivity index is 1.72. The molecule has 0 bridgehead atoms. The zero-order chi connectivity index (χ0) is 18.7. The lowest BCUT2D eigenvalue weighted by atomic mass is 9.86. The maximum atomic E-state index is 12.6. The van der Waals surface area contributed by atoms with Crippen molar-refractivity contribution in [3.05, 3.63) is 47.7 Å². The summed E-state index contributed by atoms with van der Waals surface area (Å²) in [6.07, 6.45) is 2.12. The zero-order valence-corrected chi connectivity index (χ0v) is 16.1. The number of hydrogen-bond donors (Lipinski definition) is 1. The Kier molecular flexibility index (Phi) is 5.25. The summed E-state index contributed by atoms with van der Waals surface area (Å²) in [6, 6.07) is 11.8. The normalized spacial score (nSPS) is 15.8. The van der Waals surface area contributed by atoms with Crippen molar-refractivity contribution >= 4 is 17.4 Å². The Morgan fingerprint density at radius 1 is 1.08 bits per heavy atom. The number of nitrogens with one attached hydrogen (secondary N) is 1. The highest BCUT2D eigenvalue weighted by atomic mass is 16.2. The number of carbonyl (C=O) groups is 1. The van der Waals surface area contributed by atoms with E-state index < -0.39 is 0 Å². The minimum atomic E-state index is -0.0222. The van der Waals surface area contributed by atoms with Gasteiger partial charge >= 0.3 is 0 Å². The molecule has 1 fully saturated rings. The van der Waals surface area contributed by atoms with Crippen molar-refractivity contribution in [2.45, 2.75) is 46.0 Å². The number of nitrogens with zero attached hydrogens (tertiary/aromatic N) is 3. The summed E-state index contributed by atoms with van der Waals surface area (Å²) in [5, 5.41) is 11.7. The van der Waals surface area contributed by atoms with E-state index in [-0.39, 0.29) is 11.3 Å². The Bertz CT molecular complexity index is 756. The van der Waals surface area contributed by atoms with Gasteiger partial charge in [-0.3, -0.25) is 4.79 Å². The molecule has 5 nitrogen and oxygen atoms in total. The number of benzene rings is 1. The average Bonchev–Trinajstić information content (AvgIpc) is 2.62. The van der Waals surface area contributed by atoms with Crippen LogP contribution in [0.15, 0.2) is 36.4 Å². The second-order valence-corrected chi connectivity index (χ2v) is 8.20. The van der Waals surface area contributed by atoms with Crippen molar-refractivity contribution < 1.29 is 4.79 Å². The first kappa shape index (κ1) is 18.4. The van der Waals surface area contributed by atoms with Crippen LogP contribution >= 0.6 is 0 Å². The number of piperidine rings is 1. The second-order valence-electron chi connectivity index (χ2n) is 8.20. The lowest BCUT2D eigenvalue weighted by Crippen LogP contribution is -2.38. The quantitative estimate of drug-likeness (QED) is 0.890. The zero-order valence-electron chi connectivity index (χ0n) is 16.1. The van der Waals surface area contributed by atoms with Gasteiger partial charge in [-0.15, -0.1) is 10.2 Å². The van der Waals surface area contributed by atoms with Crippen LogP contribution in [0.3, 0.4) is 0 Å². The van der Waals surface area contributed by atoms with Crippen LogP contribution in [0.5, 0.6) is 0 Å². The van der Waals surface area contributed by atoms with E-state index in [1.807, 2.05) is 29.2 Å². The van der Waals surface area contributed by atoms with Crippen molar-refractivity contribution in [1.82, 2.24) is 15.1 Å². The minimum absolute atomic E-state index is 0.0222. The van der Waals surface area contributed by atoms with E-state index in [0.717, 1.165) is 31.6 Å². The topological polar surface area (TPSA) is 58.1 Å². The summed E-state index contributed by atoms with van der Waals surface area (Å²) in [5.74, 6) is 1.32. The van der Waals surface area contributed by atoms with E-state index >= 15 is 0 Å². The van der Waals surface area contributed by atoms with Crippen LogP contribution in [0.2, 0.25) is 0 Å². The number of rotatable bonds is 3. The number of likely N-dealkylation sites (tertiary alicyclic amines) is 1. The second kappa shape index (κ2) is 7.44. The fourth-order valence-electron chi connectivity index (χ4n) is 3.27. The van der Waals surface area contributed by atoms with E-state index in [2.05, 4.69) is 49.3 Å². The first-order chi connectivity index (χ1) is 12.3. The monoisotopic (exact) mass is 352 g/mol. The molecule has 1 aliphatic heterocycles. The van der Waals surface area contributed by atoms with Gasteiger partial charge in [0.1, 0.15) is 0 Å². The number of amides is 1. The Labute approximate surface area is 155 Å². The highest BCUT2D eigenvalue weighted by molar-refractivity contribution is 5.92. The summed E-state index contributed by atoms with van der Waals surface area (Å²) in [7, 11) is 0. The molecule has 3 rings (SSSR count). The Hall–Kier alpha value is -2.43. The molecule has 2 heterocycles. The smallest absolute Gasteiger partial charge is 0.274 e. The molecule has 5 heteroatoms. The molecule has 0 radical (unpaired) electrons. The predicted molar refractivity (Wildman–Crippen MR) is 105 cm³/mol. The van der Waals surface area contributed by atoms with Crippen molar-refractivity contribution in [3.63, 3.8) is 0 Å². The molecule has 1 saturated heterocycles. The summed E-state index contributed by atoms with van der Waals surface area (Å²) in [5.41, 5.74) is 2.66. The predicted octanol–water partition coefficient (Wildman–Crippen LogP) is 4.39. The fraction of sp³-hybridized carbons (Fsp3) is 0.476. The molecule has 1 aromatic carbocycles. The SMILES string of the molecule is CC1CCN(C(=O)c2ccc(Nc3ccccc3C(C)(C)C)nn2)CC1. The third kappa shape index (κ3) is 4.21. The number of hydrogen-bond acceptors (Lipinski definition) is 4. The van der Waals surface area contributed by atoms with Gasteiger partial charge in [-0.2, -0.15) is 0 Å². The summed E-state index contributed by atoms with van der Waals surface area (Å²) in [4.78, 5) is 14.4. The van der Waals surface area contributed by atoms with Gasteiger partial charge in [0, 0.05) is 18.8 Å². The molecule has 1 amide bonds. The average molecular weight is 352 g/mol. The van der Waals surface area contributed by atoms with Crippen LogP contribution in [0, 0.1) is 5.92 Å². The van der Waals surface area contributed by atoms with Crippen LogP contribution in [0.1, 0.15) is 56.6 Å². The Morgan fingerprint density at radius 2 is 1.77 bits per heavy atom. The molecule has 0 atom stereocenters. The lowest BCUT2D eigenvalue weighted by molar-refractivity contribution is 0.0690. The molecular weight excluding hydrogens is 324 g/mol. The van der Waals surface area contributed by atoms with Crippen molar-refractivity contribution in [2.24, 2.45) is 5.92 Å². The lowest BCUT2D eigenvalue weighted by Gasteiger charge is -2.29. The third-order valence-electron chi connectivity index (χ3n) is 4.95. The first-order valence-corrected chi connectivity index (χ1v) is 9.34.